The number of amides is 1. The number of thiazole rings is 1. The molecule has 0 aliphatic rings. The Morgan fingerprint density at radius 2 is 1.76 bits per heavy atom. The minimum Gasteiger partial charge on any atom is -0.497 e. The minimum absolute atomic E-state index is 0.360. The first kappa shape index (κ1) is 17.1. The van der Waals surface area contributed by atoms with E-state index in [0.717, 1.165) is 21.9 Å². The van der Waals surface area contributed by atoms with Crippen molar-refractivity contribution in [1.82, 2.24) is 4.57 Å². The van der Waals surface area contributed by atoms with Gasteiger partial charge in [0.1, 0.15) is 11.6 Å². The van der Waals surface area contributed by atoms with Crippen molar-refractivity contribution in [3.63, 3.8) is 0 Å². The van der Waals surface area contributed by atoms with Crippen molar-refractivity contribution in [2.75, 3.05) is 7.11 Å². The smallest absolute Gasteiger partial charge is 0.279 e. The molecule has 0 fully saturated rings. The van der Waals surface area contributed by atoms with E-state index in [-0.39, 0.29) is 5.82 Å². The molecular weight excluding hydrogens is 339 g/mol. The van der Waals surface area contributed by atoms with Gasteiger partial charge in [-0.1, -0.05) is 0 Å². The van der Waals surface area contributed by atoms with Crippen LogP contribution in [0.2, 0.25) is 0 Å². The lowest BCUT2D eigenvalue weighted by Crippen LogP contribution is -2.14. The number of methoxy groups -OCH3 is 1. The number of hydrogen-bond donors (Lipinski definition) is 0. The first-order chi connectivity index (χ1) is 12.0. The van der Waals surface area contributed by atoms with Crippen LogP contribution < -0.4 is 9.54 Å². The van der Waals surface area contributed by atoms with Crippen LogP contribution in [0, 0.1) is 12.7 Å². The molecule has 1 amide bonds. The fourth-order valence-electron chi connectivity index (χ4n) is 2.57. The minimum atomic E-state index is -0.391. The number of carbonyl (C=O) groups is 1. The molecular formula is C19H17FN2O2S. The van der Waals surface area contributed by atoms with Gasteiger partial charge in [-0.25, -0.2) is 4.39 Å². The topological polar surface area (TPSA) is 43.6 Å². The van der Waals surface area contributed by atoms with Crippen LogP contribution in [0.25, 0.3) is 11.3 Å². The van der Waals surface area contributed by atoms with Crippen molar-refractivity contribution in [3.8, 4) is 17.0 Å². The zero-order valence-electron chi connectivity index (χ0n) is 14.1. The third-order valence-electron chi connectivity index (χ3n) is 3.85. The number of halogens is 1. The Kier molecular flexibility index (Phi) is 4.81. The predicted molar refractivity (Wildman–Crippen MR) is 96.3 cm³/mol. The van der Waals surface area contributed by atoms with Crippen molar-refractivity contribution in [1.29, 1.82) is 0 Å². The quantitative estimate of drug-likeness (QED) is 0.713. The zero-order chi connectivity index (χ0) is 18.0. The SMILES string of the molecule is COc1ccc(-c2c(C)sc(=NC(=O)c3ccc(F)cc3)n2C)cc1. The number of benzene rings is 2. The van der Waals surface area contributed by atoms with E-state index in [0.29, 0.717) is 10.4 Å². The first-order valence-electron chi connectivity index (χ1n) is 7.65. The summed E-state index contributed by atoms with van der Waals surface area (Å²) in [6.07, 6.45) is 0. The molecule has 0 saturated carbocycles. The van der Waals surface area contributed by atoms with Crippen LogP contribution in [0.1, 0.15) is 15.2 Å². The molecule has 0 aliphatic carbocycles. The molecule has 0 radical (unpaired) electrons. The zero-order valence-corrected chi connectivity index (χ0v) is 14.9. The summed E-state index contributed by atoms with van der Waals surface area (Å²) in [4.78, 5) is 18.1. The summed E-state index contributed by atoms with van der Waals surface area (Å²) in [7, 11) is 3.50. The first-order valence-corrected chi connectivity index (χ1v) is 8.46. The van der Waals surface area contributed by atoms with Gasteiger partial charge in [-0.2, -0.15) is 4.99 Å². The van der Waals surface area contributed by atoms with E-state index in [1.807, 2.05) is 42.8 Å². The highest BCUT2D eigenvalue weighted by atomic mass is 32.1. The van der Waals surface area contributed by atoms with E-state index in [2.05, 4.69) is 4.99 Å². The molecule has 0 unspecified atom stereocenters. The van der Waals surface area contributed by atoms with E-state index in [1.165, 1.54) is 35.6 Å². The van der Waals surface area contributed by atoms with Crippen molar-refractivity contribution in [3.05, 3.63) is 69.6 Å². The fraction of sp³-hybridized carbons (Fsp3) is 0.158. The monoisotopic (exact) mass is 356 g/mol. The molecule has 4 nitrogen and oxygen atoms in total. The van der Waals surface area contributed by atoms with Gasteiger partial charge in [0.15, 0.2) is 4.80 Å². The van der Waals surface area contributed by atoms with Crippen LogP contribution in [-0.2, 0) is 7.05 Å². The van der Waals surface area contributed by atoms with Crippen molar-refractivity contribution < 1.29 is 13.9 Å². The molecule has 0 saturated heterocycles. The van der Waals surface area contributed by atoms with Crippen LogP contribution in [0.5, 0.6) is 5.75 Å². The van der Waals surface area contributed by atoms with E-state index in [4.69, 9.17) is 4.74 Å². The molecule has 0 bridgehead atoms. The van der Waals surface area contributed by atoms with Crippen LogP contribution in [0.4, 0.5) is 4.39 Å². The van der Waals surface area contributed by atoms with Gasteiger partial charge in [0, 0.05) is 17.5 Å². The number of aromatic nitrogens is 1. The van der Waals surface area contributed by atoms with Crippen LogP contribution in [0.15, 0.2) is 53.5 Å². The number of ether oxygens (including phenoxy) is 1. The lowest BCUT2D eigenvalue weighted by atomic mass is 10.1. The highest BCUT2D eigenvalue weighted by Crippen LogP contribution is 2.26. The Balaban J connectivity index is 2.01. The third kappa shape index (κ3) is 3.53. The molecule has 128 valence electrons. The molecule has 2 aromatic carbocycles. The van der Waals surface area contributed by atoms with Crippen molar-refractivity contribution >= 4 is 17.2 Å². The maximum absolute atomic E-state index is 13.0. The fourth-order valence-corrected chi connectivity index (χ4v) is 3.56. The Labute approximate surface area is 148 Å². The van der Waals surface area contributed by atoms with E-state index in [1.54, 1.807) is 7.11 Å². The molecule has 3 aromatic rings. The van der Waals surface area contributed by atoms with Gasteiger partial charge in [-0.05, 0) is 61.0 Å². The van der Waals surface area contributed by atoms with Gasteiger partial charge in [-0.3, -0.25) is 4.79 Å². The highest BCUT2D eigenvalue weighted by molar-refractivity contribution is 7.09. The van der Waals surface area contributed by atoms with Gasteiger partial charge in [-0.15, -0.1) is 11.3 Å². The molecule has 0 aliphatic heterocycles. The second-order valence-corrected chi connectivity index (χ2v) is 6.68. The number of carbonyl (C=O) groups excluding carboxylic acids is 1. The van der Waals surface area contributed by atoms with Gasteiger partial charge >= 0.3 is 0 Å². The van der Waals surface area contributed by atoms with E-state index < -0.39 is 5.91 Å². The Hall–Kier alpha value is -2.73. The maximum atomic E-state index is 13.0. The molecule has 3 rings (SSSR count). The van der Waals surface area contributed by atoms with Crippen molar-refractivity contribution in [2.24, 2.45) is 12.0 Å². The summed E-state index contributed by atoms with van der Waals surface area (Å²) < 4.78 is 20.1. The summed E-state index contributed by atoms with van der Waals surface area (Å²) in [6.45, 7) is 1.99. The van der Waals surface area contributed by atoms with Gasteiger partial charge in [0.2, 0.25) is 0 Å². The third-order valence-corrected chi connectivity index (χ3v) is 4.90. The van der Waals surface area contributed by atoms with Gasteiger partial charge in [0.25, 0.3) is 5.91 Å². The summed E-state index contributed by atoms with van der Waals surface area (Å²) >= 11 is 1.44. The van der Waals surface area contributed by atoms with Gasteiger partial charge in [0.05, 0.1) is 12.8 Å². The number of hydrogen-bond acceptors (Lipinski definition) is 3. The predicted octanol–water partition coefficient (Wildman–Crippen LogP) is 3.95. The highest BCUT2D eigenvalue weighted by Gasteiger charge is 2.12. The molecule has 1 aromatic heterocycles. The molecule has 6 heteroatoms. The van der Waals surface area contributed by atoms with Crippen LogP contribution in [0.3, 0.4) is 0 Å². The van der Waals surface area contributed by atoms with Crippen molar-refractivity contribution in [2.45, 2.75) is 6.92 Å². The van der Waals surface area contributed by atoms with Crippen LogP contribution >= 0.6 is 11.3 Å². The Bertz CT molecular complexity index is 970. The molecule has 0 N–H and O–H groups in total. The summed E-state index contributed by atoms with van der Waals surface area (Å²) in [6, 6.07) is 13.1. The number of aryl methyl sites for hydroxylation is 1. The molecule has 25 heavy (non-hydrogen) atoms. The number of rotatable bonds is 3. The second kappa shape index (κ2) is 7.03. The second-order valence-electron chi connectivity index (χ2n) is 5.50. The average Bonchev–Trinajstić information content (AvgIpc) is 2.89. The molecule has 0 atom stereocenters. The van der Waals surface area contributed by atoms with E-state index >= 15 is 0 Å². The normalized spacial score (nSPS) is 11.6. The van der Waals surface area contributed by atoms with E-state index in [9.17, 15) is 9.18 Å². The molecule has 0 spiro atoms. The summed E-state index contributed by atoms with van der Waals surface area (Å²) in [5, 5.41) is 0. The summed E-state index contributed by atoms with van der Waals surface area (Å²) in [5.41, 5.74) is 2.38. The lowest BCUT2D eigenvalue weighted by Gasteiger charge is -2.06. The van der Waals surface area contributed by atoms with Gasteiger partial charge < -0.3 is 9.30 Å². The van der Waals surface area contributed by atoms with Crippen LogP contribution in [-0.4, -0.2) is 17.6 Å². The largest absolute Gasteiger partial charge is 0.497 e. The lowest BCUT2D eigenvalue weighted by molar-refractivity contribution is 0.0998. The molecule has 1 heterocycles. The standard InChI is InChI=1S/C19H17FN2O2S/c1-12-17(13-6-10-16(24-3)11-7-13)22(2)19(25-12)21-18(23)14-4-8-15(20)9-5-14/h4-11H,1-3H3. The number of nitrogens with zero attached hydrogens (tertiary/aromatic N) is 2. The average molecular weight is 356 g/mol. The summed E-state index contributed by atoms with van der Waals surface area (Å²) in [5.74, 6) is 0.0182. The Morgan fingerprint density at radius 1 is 1.12 bits per heavy atom. The maximum Gasteiger partial charge on any atom is 0.279 e. The Morgan fingerprint density at radius 3 is 2.36 bits per heavy atom.